The number of carbonyl (C=O) groups excluding carboxylic acids is 1. The third-order valence-corrected chi connectivity index (χ3v) is 3.82. The Balaban J connectivity index is 2.17. The minimum absolute atomic E-state index is 0.164. The van der Waals surface area contributed by atoms with Gasteiger partial charge in [-0.15, -0.1) is 0 Å². The fraction of sp³-hybridized carbons (Fsp3) is 0.909. The maximum absolute atomic E-state index is 11.9. The second kappa shape index (κ2) is 2.86. The maximum atomic E-state index is 11.9. The van der Waals surface area contributed by atoms with Crippen molar-refractivity contribution in [1.82, 2.24) is 0 Å². The molecule has 0 radical (unpaired) electrons. The molecule has 2 saturated carbocycles. The molecule has 1 nitrogen and oxygen atoms in total. The standard InChI is InChI=1S/C11H18O/c1-9-5-4-8-11(10(9)12)6-2-3-7-11/h9H,2-8H2,1H3. The van der Waals surface area contributed by atoms with Crippen LogP contribution < -0.4 is 0 Å². The molecule has 1 atom stereocenters. The molecule has 0 saturated heterocycles. The molecule has 2 rings (SSSR count). The molecule has 0 amide bonds. The fourth-order valence-corrected chi connectivity index (χ4v) is 3.07. The first-order valence-corrected chi connectivity index (χ1v) is 5.29. The van der Waals surface area contributed by atoms with Crippen LogP contribution in [0, 0.1) is 11.3 Å². The summed E-state index contributed by atoms with van der Waals surface area (Å²) >= 11 is 0. The monoisotopic (exact) mass is 166 g/mol. The topological polar surface area (TPSA) is 17.1 Å². The maximum Gasteiger partial charge on any atom is 0.141 e. The molecule has 1 heteroatoms. The molecule has 1 spiro atoms. The van der Waals surface area contributed by atoms with Crippen molar-refractivity contribution in [2.75, 3.05) is 0 Å². The van der Waals surface area contributed by atoms with Gasteiger partial charge in [-0.25, -0.2) is 0 Å². The first kappa shape index (κ1) is 8.28. The van der Waals surface area contributed by atoms with Gasteiger partial charge >= 0.3 is 0 Å². The van der Waals surface area contributed by atoms with Crippen molar-refractivity contribution >= 4 is 5.78 Å². The fourth-order valence-electron chi connectivity index (χ4n) is 3.07. The van der Waals surface area contributed by atoms with Crippen LogP contribution >= 0.6 is 0 Å². The summed E-state index contributed by atoms with van der Waals surface area (Å²) in [6.07, 6.45) is 8.58. The van der Waals surface area contributed by atoms with Gasteiger partial charge in [0.05, 0.1) is 0 Å². The van der Waals surface area contributed by atoms with Crippen molar-refractivity contribution in [3.8, 4) is 0 Å². The van der Waals surface area contributed by atoms with Crippen molar-refractivity contribution in [3.05, 3.63) is 0 Å². The minimum atomic E-state index is 0.164. The van der Waals surface area contributed by atoms with E-state index in [4.69, 9.17) is 0 Å². The summed E-state index contributed by atoms with van der Waals surface area (Å²) in [6.45, 7) is 2.11. The van der Waals surface area contributed by atoms with E-state index in [1.807, 2.05) is 0 Å². The van der Waals surface area contributed by atoms with Gasteiger partial charge in [-0.1, -0.05) is 26.2 Å². The highest BCUT2D eigenvalue weighted by Crippen LogP contribution is 2.48. The molecule has 2 aliphatic rings. The molecule has 0 aromatic rings. The number of hydrogen-bond acceptors (Lipinski definition) is 1. The van der Waals surface area contributed by atoms with E-state index in [0.29, 0.717) is 11.7 Å². The average Bonchev–Trinajstić information content (AvgIpc) is 2.50. The largest absolute Gasteiger partial charge is 0.299 e. The highest BCUT2D eigenvalue weighted by molar-refractivity contribution is 5.87. The van der Waals surface area contributed by atoms with Crippen LogP contribution in [0.25, 0.3) is 0 Å². The van der Waals surface area contributed by atoms with E-state index < -0.39 is 0 Å². The highest BCUT2D eigenvalue weighted by Gasteiger charge is 2.44. The van der Waals surface area contributed by atoms with Gasteiger partial charge in [0.1, 0.15) is 5.78 Å². The predicted octanol–water partition coefficient (Wildman–Crippen LogP) is 2.94. The summed E-state index contributed by atoms with van der Waals surface area (Å²) in [6, 6.07) is 0. The molecule has 68 valence electrons. The molecule has 0 aromatic carbocycles. The van der Waals surface area contributed by atoms with Gasteiger partial charge in [0.25, 0.3) is 0 Å². The summed E-state index contributed by atoms with van der Waals surface area (Å²) in [5.74, 6) is 0.947. The molecular weight excluding hydrogens is 148 g/mol. The van der Waals surface area contributed by atoms with Gasteiger partial charge in [-0.2, -0.15) is 0 Å². The number of carbonyl (C=O) groups is 1. The SMILES string of the molecule is CC1CCCC2(CCCC2)C1=O. The zero-order valence-corrected chi connectivity index (χ0v) is 7.94. The van der Waals surface area contributed by atoms with E-state index in [1.54, 1.807) is 0 Å². The van der Waals surface area contributed by atoms with Crippen LogP contribution in [-0.4, -0.2) is 5.78 Å². The third-order valence-electron chi connectivity index (χ3n) is 3.82. The van der Waals surface area contributed by atoms with E-state index in [1.165, 1.54) is 38.5 Å². The van der Waals surface area contributed by atoms with Crippen molar-refractivity contribution < 1.29 is 4.79 Å². The van der Waals surface area contributed by atoms with Crippen molar-refractivity contribution in [3.63, 3.8) is 0 Å². The van der Waals surface area contributed by atoms with Gasteiger partial charge in [0, 0.05) is 11.3 Å². The van der Waals surface area contributed by atoms with Gasteiger partial charge in [0.15, 0.2) is 0 Å². The molecule has 2 aliphatic carbocycles. The lowest BCUT2D eigenvalue weighted by Gasteiger charge is -2.34. The summed E-state index contributed by atoms with van der Waals surface area (Å²) in [4.78, 5) is 11.9. The van der Waals surface area contributed by atoms with E-state index in [9.17, 15) is 4.79 Å². The molecule has 0 N–H and O–H groups in total. The molecule has 0 aliphatic heterocycles. The quantitative estimate of drug-likeness (QED) is 0.540. The lowest BCUT2D eigenvalue weighted by Crippen LogP contribution is -2.36. The third kappa shape index (κ3) is 1.10. The average molecular weight is 166 g/mol. The summed E-state index contributed by atoms with van der Waals surface area (Å²) in [5, 5.41) is 0. The Hall–Kier alpha value is -0.330. The van der Waals surface area contributed by atoms with Crippen LogP contribution in [0.5, 0.6) is 0 Å². The van der Waals surface area contributed by atoms with Crippen molar-refractivity contribution in [2.45, 2.75) is 51.9 Å². The summed E-state index contributed by atoms with van der Waals surface area (Å²) in [5.41, 5.74) is 0.164. The Labute approximate surface area is 74.5 Å². The van der Waals surface area contributed by atoms with Crippen LogP contribution in [-0.2, 0) is 4.79 Å². The lowest BCUT2D eigenvalue weighted by atomic mass is 9.68. The second-order valence-corrected chi connectivity index (χ2v) is 4.64. The number of rotatable bonds is 0. The van der Waals surface area contributed by atoms with Crippen LogP contribution in [0.4, 0.5) is 0 Å². The van der Waals surface area contributed by atoms with E-state index in [2.05, 4.69) is 6.92 Å². The number of Topliss-reactive ketones (excluding diaryl/α,β-unsaturated/α-hetero) is 1. The zero-order valence-electron chi connectivity index (χ0n) is 7.94. The van der Waals surface area contributed by atoms with Crippen molar-refractivity contribution in [2.24, 2.45) is 11.3 Å². The molecule has 2 fully saturated rings. The van der Waals surface area contributed by atoms with E-state index in [0.717, 1.165) is 6.42 Å². The number of ketones is 1. The van der Waals surface area contributed by atoms with E-state index >= 15 is 0 Å². The van der Waals surface area contributed by atoms with Gasteiger partial charge in [-0.05, 0) is 25.7 Å². The first-order chi connectivity index (χ1) is 5.75. The first-order valence-electron chi connectivity index (χ1n) is 5.29. The molecule has 12 heavy (non-hydrogen) atoms. The van der Waals surface area contributed by atoms with Crippen LogP contribution in [0.15, 0.2) is 0 Å². The Bertz CT molecular complexity index is 189. The van der Waals surface area contributed by atoms with E-state index in [-0.39, 0.29) is 5.41 Å². The van der Waals surface area contributed by atoms with Crippen LogP contribution in [0.3, 0.4) is 0 Å². The normalized spacial score (nSPS) is 34.4. The zero-order chi connectivity index (χ0) is 8.60. The minimum Gasteiger partial charge on any atom is -0.299 e. The predicted molar refractivity (Wildman–Crippen MR) is 48.9 cm³/mol. The molecule has 0 aromatic heterocycles. The van der Waals surface area contributed by atoms with Gasteiger partial charge in [0.2, 0.25) is 0 Å². The molecule has 0 bridgehead atoms. The summed E-state index contributed by atoms with van der Waals surface area (Å²) < 4.78 is 0. The smallest absolute Gasteiger partial charge is 0.141 e. The molecular formula is C11H18O. The molecule has 0 heterocycles. The van der Waals surface area contributed by atoms with Gasteiger partial charge in [-0.3, -0.25) is 4.79 Å². The second-order valence-electron chi connectivity index (χ2n) is 4.64. The Morgan fingerprint density at radius 2 is 1.75 bits per heavy atom. The number of hydrogen-bond donors (Lipinski definition) is 0. The highest BCUT2D eigenvalue weighted by atomic mass is 16.1. The Morgan fingerprint density at radius 1 is 1.17 bits per heavy atom. The van der Waals surface area contributed by atoms with Crippen molar-refractivity contribution in [1.29, 1.82) is 0 Å². The Morgan fingerprint density at radius 3 is 2.42 bits per heavy atom. The lowest BCUT2D eigenvalue weighted by molar-refractivity contribution is -0.135. The van der Waals surface area contributed by atoms with Gasteiger partial charge < -0.3 is 0 Å². The van der Waals surface area contributed by atoms with Crippen LogP contribution in [0.1, 0.15) is 51.9 Å². The van der Waals surface area contributed by atoms with Crippen LogP contribution in [0.2, 0.25) is 0 Å². The molecule has 1 unspecified atom stereocenters. The summed E-state index contributed by atoms with van der Waals surface area (Å²) in [7, 11) is 0. The Kier molecular flexibility index (Phi) is 1.97.